The zero-order chi connectivity index (χ0) is 27.0. The van der Waals surface area contributed by atoms with E-state index >= 15 is 0 Å². The number of hydrogen-bond acceptors (Lipinski definition) is 3. The summed E-state index contributed by atoms with van der Waals surface area (Å²) in [4.78, 5) is 5.89. The van der Waals surface area contributed by atoms with Crippen LogP contribution in [0.3, 0.4) is 0 Å². The number of aliphatic imine (C=N–C) groups is 1. The highest BCUT2D eigenvalue weighted by atomic mass is 32.2. The lowest BCUT2D eigenvalue weighted by atomic mass is 9.75. The van der Waals surface area contributed by atoms with Crippen LogP contribution in [0.5, 0.6) is 0 Å². The Labute approximate surface area is 234 Å². The highest BCUT2D eigenvalue weighted by Gasteiger charge is 2.42. The molecule has 2 aliphatic heterocycles. The molecular weight excluding hydrogens is 510 g/mol. The summed E-state index contributed by atoms with van der Waals surface area (Å²) in [6.07, 6.45) is 1.74. The van der Waals surface area contributed by atoms with E-state index in [-0.39, 0.29) is 11.8 Å². The van der Waals surface area contributed by atoms with Gasteiger partial charge in [0.15, 0.2) is 0 Å². The van der Waals surface area contributed by atoms with E-state index in [4.69, 9.17) is 4.99 Å². The predicted octanol–water partition coefficient (Wildman–Crippen LogP) is 8.48. The van der Waals surface area contributed by atoms with E-state index in [0.29, 0.717) is 9.79 Å². The maximum atomic E-state index is 13.6. The van der Waals surface area contributed by atoms with E-state index in [1.165, 1.54) is 27.8 Å². The summed E-state index contributed by atoms with van der Waals surface area (Å²) in [6, 6.07) is 37.4. The molecule has 8 rings (SSSR count). The van der Waals surface area contributed by atoms with Crippen LogP contribution in [0.15, 0.2) is 124 Å². The van der Waals surface area contributed by atoms with Gasteiger partial charge in [-0.3, -0.25) is 4.99 Å². The van der Waals surface area contributed by atoms with Crippen LogP contribution in [0.1, 0.15) is 53.0 Å². The van der Waals surface area contributed by atoms with Crippen LogP contribution in [-0.4, -0.2) is 14.1 Å². The summed E-state index contributed by atoms with van der Waals surface area (Å²) in [7, 11) is -3.59. The molecule has 0 saturated carbocycles. The second-order valence-electron chi connectivity index (χ2n) is 10.9. The van der Waals surface area contributed by atoms with E-state index in [0.717, 1.165) is 46.5 Å². The van der Waals surface area contributed by atoms with Crippen molar-refractivity contribution in [3.8, 4) is 22.3 Å². The highest BCUT2D eigenvalue weighted by Crippen LogP contribution is 2.54. The minimum Gasteiger partial charge on any atom is -0.256 e. The quantitative estimate of drug-likeness (QED) is 0.232. The second kappa shape index (κ2) is 8.61. The van der Waals surface area contributed by atoms with Crippen LogP contribution in [0, 0.1) is 0 Å². The van der Waals surface area contributed by atoms with Gasteiger partial charge in [-0.15, -0.1) is 0 Å². The smallest absolute Gasteiger partial charge is 0.207 e. The molecule has 3 nitrogen and oxygen atoms in total. The van der Waals surface area contributed by atoms with Gasteiger partial charge in [-0.2, -0.15) is 0 Å². The molecular formula is C36H27NO2S. The molecule has 0 saturated heterocycles. The van der Waals surface area contributed by atoms with Crippen molar-refractivity contribution in [2.45, 2.75) is 41.4 Å². The lowest BCUT2D eigenvalue weighted by Gasteiger charge is -2.28. The molecule has 5 aromatic rings. The molecule has 0 aromatic heterocycles. The Kier molecular flexibility index (Phi) is 5.08. The lowest BCUT2D eigenvalue weighted by molar-refractivity contribution is 0.591. The van der Waals surface area contributed by atoms with E-state index < -0.39 is 9.84 Å². The van der Waals surface area contributed by atoms with E-state index in [1.54, 1.807) is 18.2 Å². The van der Waals surface area contributed by atoms with Crippen molar-refractivity contribution < 1.29 is 8.42 Å². The highest BCUT2D eigenvalue weighted by molar-refractivity contribution is 7.91. The lowest BCUT2D eigenvalue weighted by Crippen LogP contribution is -2.21. The molecule has 2 heterocycles. The summed E-state index contributed by atoms with van der Waals surface area (Å²) in [5.41, 5.74) is 12.2. The Balaban J connectivity index is 1.23. The summed E-state index contributed by atoms with van der Waals surface area (Å²) in [6.45, 7) is 2.10. The van der Waals surface area contributed by atoms with Crippen LogP contribution in [-0.2, 0) is 16.3 Å². The topological polar surface area (TPSA) is 46.5 Å². The van der Waals surface area contributed by atoms with Gasteiger partial charge in [0, 0.05) is 22.8 Å². The summed E-state index contributed by atoms with van der Waals surface area (Å²) >= 11 is 0. The first-order valence-electron chi connectivity index (χ1n) is 13.9. The molecule has 40 heavy (non-hydrogen) atoms. The summed E-state index contributed by atoms with van der Waals surface area (Å²) in [5.74, 6) is 0.183. The number of benzene rings is 5. The Morgan fingerprint density at radius 1 is 0.700 bits per heavy atom. The Morgan fingerprint density at radius 3 is 2.20 bits per heavy atom. The van der Waals surface area contributed by atoms with Crippen molar-refractivity contribution in [1.82, 2.24) is 0 Å². The molecule has 5 aromatic carbocycles. The zero-order valence-electron chi connectivity index (χ0n) is 22.1. The van der Waals surface area contributed by atoms with Crippen molar-refractivity contribution in [1.29, 1.82) is 0 Å². The van der Waals surface area contributed by atoms with E-state index in [1.807, 2.05) is 18.2 Å². The Morgan fingerprint density at radius 2 is 1.40 bits per heavy atom. The first-order chi connectivity index (χ1) is 19.6. The van der Waals surface area contributed by atoms with Crippen LogP contribution >= 0.6 is 0 Å². The van der Waals surface area contributed by atoms with Gasteiger partial charge in [0.25, 0.3) is 0 Å². The fraction of sp³-hybridized carbons (Fsp3) is 0.139. The molecule has 3 aliphatic rings. The number of fused-ring (bicyclic) bond motifs is 5. The SMILES string of the molecule is CCC1=Nc2c(-c3ccc(C4Cc5ccccc5-c5ccccc54)cc3)ccc3c2C1c1ccccc1S3(=O)=O. The van der Waals surface area contributed by atoms with E-state index in [9.17, 15) is 8.42 Å². The molecule has 0 amide bonds. The number of hydrogen-bond donors (Lipinski definition) is 0. The zero-order valence-corrected chi connectivity index (χ0v) is 22.9. The fourth-order valence-corrected chi connectivity index (χ4v) is 8.80. The molecule has 0 radical (unpaired) electrons. The normalized spacial score (nSPS) is 19.2. The Bertz CT molecular complexity index is 1990. The van der Waals surface area contributed by atoms with Crippen molar-refractivity contribution in [3.63, 3.8) is 0 Å². The molecule has 0 bridgehead atoms. The standard InChI is InChI=1S/C36H27NO2S/c1-2-31-34-29-13-7-8-14-32(29)40(38,39)33-20-19-26(36(37-31)35(33)34)22-15-17-23(18-16-22)30-21-24-9-3-4-10-25(24)27-11-5-6-12-28(27)30/h3-20,30,34H,2,21H2,1H3. The monoisotopic (exact) mass is 537 g/mol. The first-order valence-corrected chi connectivity index (χ1v) is 15.4. The van der Waals surface area contributed by atoms with Gasteiger partial charge >= 0.3 is 0 Å². The van der Waals surface area contributed by atoms with E-state index in [2.05, 4.69) is 79.7 Å². The summed E-state index contributed by atoms with van der Waals surface area (Å²) < 4.78 is 27.2. The molecule has 2 atom stereocenters. The Hall–Kier alpha value is -4.28. The maximum absolute atomic E-state index is 13.6. The minimum absolute atomic E-state index is 0.104. The largest absolute Gasteiger partial charge is 0.256 e. The van der Waals surface area contributed by atoms with Crippen molar-refractivity contribution in [2.75, 3.05) is 0 Å². The average Bonchev–Trinajstić information content (AvgIpc) is 3.40. The van der Waals surface area contributed by atoms with Crippen LogP contribution in [0.2, 0.25) is 0 Å². The van der Waals surface area contributed by atoms with Crippen molar-refractivity contribution >= 4 is 21.2 Å². The third kappa shape index (κ3) is 3.23. The predicted molar refractivity (Wildman–Crippen MR) is 160 cm³/mol. The van der Waals surface area contributed by atoms with Crippen LogP contribution < -0.4 is 0 Å². The fourth-order valence-electron chi connectivity index (χ4n) is 7.06. The van der Waals surface area contributed by atoms with Gasteiger partial charge in [0.2, 0.25) is 9.84 Å². The first kappa shape index (κ1) is 23.6. The van der Waals surface area contributed by atoms with Crippen molar-refractivity contribution in [3.05, 3.63) is 137 Å². The van der Waals surface area contributed by atoms with Gasteiger partial charge in [-0.25, -0.2) is 8.42 Å². The number of nitrogens with zero attached hydrogens (tertiary/aromatic N) is 1. The van der Waals surface area contributed by atoms with Gasteiger partial charge < -0.3 is 0 Å². The molecule has 0 spiro atoms. The summed E-state index contributed by atoms with van der Waals surface area (Å²) in [5, 5.41) is 0. The third-order valence-electron chi connectivity index (χ3n) is 8.92. The molecule has 194 valence electrons. The number of rotatable bonds is 3. The van der Waals surface area contributed by atoms with Gasteiger partial charge in [-0.1, -0.05) is 104 Å². The van der Waals surface area contributed by atoms with Gasteiger partial charge in [0.05, 0.1) is 21.4 Å². The molecule has 0 fully saturated rings. The van der Waals surface area contributed by atoms with Crippen LogP contribution in [0.25, 0.3) is 22.3 Å². The molecule has 4 heteroatoms. The second-order valence-corrected chi connectivity index (χ2v) is 12.8. The van der Waals surface area contributed by atoms with Crippen molar-refractivity contribution in [2.24, 2.45) is 4.99 Å². The molecule has 0 N–H and O–H groups in total. The number of sulfone groups is 1. The average molecular weight is 538 g/mol. The maximum Gasteiger partial charge on any atom is 0.207 e. The third-order valence-corrected chi connectivity index (χ3v) is 10.8. The minimum atomic E-state index is -3.59. The van der Waals surface area contributed by atoms with Gasteiger partial charge in [0.1, 0.15) is 0 Å². The molecule has 2 unspecified atom stereocenters. The molecule has 1 aliphatic carbocycles. The van der Waals surface area contributed by atoms with Gasteiger partial charge in [-0.05, 0) is 63.9 Å². The van der Waals surface area contributed by atoms with Crippen LogP contribution in [0.4, 0.5) is 5.69 Å².